The highest BCUT2D eigenvalue weighted by molar-refractivity contribution is 5.93. The fourth-order valence-electron chi connectivity index (χ4n) is 5.61. The molecule has 3 unspecified atom stereocenters. The molecule has 10 nitrogen and oxygen atoms in total. The normalized spacial score (nSPS) is 22.3. The number of piperidine rings is 1. The lowest BCUT2D eigenvalue weighted by molar-refractivity contribution is 0.100. The number of nitrogens with one attached hydrogen (secondary N) is 2. The lowest BCUT2D eigenvalue weighted by Crippen LogP contribution is -2.54. The Hall–Kier alpha value is -3.92. The second-order valence-electron chi connectivity index (χ2n) is 10.0. The van der Waals surface area contributed by atoms with Crippen molar-refractivity contribution in [2.45, 2.75) is 56.7 Å². The Labute approximate surface area is 215 Å². The summed E-state index contributed by atoms with van der Waals surface area (Å²) in [6, 6.07) is 12.7. The van der Waals surface area contributed by atoms with Crippen LogP contribution in [0.3, 0.4) is 0 Å². The van der Waals surface area contributed by atoms with Gasteiger partial charge in [0.1, 0.15) is 6.33 Å². The van der Waals surface area contributed by atoms with Crippen molar-refractivity contribution in [2.75, 3.05) is 23.3 Å². The van der Waals surface area contributed by atoms with E-state index in [0.717, 1.165) is 50.0 Å². The van der Waals surface area contributed by atoms with E-state index in [1.165, 1.54) is 18.5 Å². The Morgan fingerprint density at radius 3 is 2.84 bits per heavy atom. The predicted octanol–water partition coefficient (Wildman–Crippen LogP) is 3.46. The third kappa shape index (κ3) is 5.15. The van der Waals surface area contributed by atoms with Crippen molar-refractivity contribution in [1.29, 1.82) is 0 Å². The average Bonchev–Trinajstić information content (AvgIpc) is 3.59. The van der Waals surface area contributed by atoms with Crippen molar-refractivity contribution >= 4 is 23.3 Å². The smallest absolute Gasteiger partial charge is 0.295 e. The van der Waals surface area contributed by atoms with E-state index in [1.54, 1.807) is 30.7 Å². The molecule has 6 rings (SSSR count). The van der Waals surface area contributed by atoms with Crippen molar-refractivity contribution < 1.29 is 9.21 Å². The van der Waals surface area contributed by atoms with Gasteiger partial charge in [0.05, 0.1) is 18.1 Å². The molecule has 2 fully saturated rings. The van der Waals surface area contributed by atoms with Crippen LogP contribution in [0.1, 0.15) is 48.9 Å². The van der Waals surface area contributed by atoms with Crippen LogP contribution in [-0.2, 0) is 0 Å². The zero-order valence-corrected chi connectivity index (χ0v) is 20.7. The minimum absolute atomic E-state index is 0.235. The molecular weight excluding hydrogens is 468 g/mol. The molecule has 1 aromatic carbocycles. The summed E-state index contributed by atoms with van der Waals surface area (Å²) in [5.41, 5.74) is 8.69. The Kier molecular flexibility index (Phi) is 6.48. The summed E-state index contributed by atoms with van der Waals surface area (Å²) in [7, 11) is 0. The number of carbonyl (C=O) groups excluding carboxylic acids is 1. The highest BCUT2D eigenvalue weighted by atomic mass is 16.4. The molecule has 1 amide bonds. The standard InChI is InChI=1S/C27H32N8O2/c28-26(36)19-6-3-5-18(13-19)24-14-29-27(37-24)33-23-9-2-1-8-22(23)32-20-7-4-12-34(15-20)21-10-11-25-30-17-31-35(25)16-21/h3,5-6,10-11,13-14,16-17,20,22-23,32H,1-2,4,7-9,12,15H2,(H2,28,36)(H,29,33). The van der Waals surface area contributed by atoms with E-state index in [0.29, 0.717) is 29.4 Å². The van der Waals surface area contributed by atoms with Crippen LogP contribution in [0.15, 0.2) is 59.5 Å². The molecule has 0 bridgehead atoms. The molecule has 1 aliphatic carbocycles. The van der Waals surface area contributed by atoms with E-state index in [9.17, 15) is 4.79 Å². The summed E-state index contributed by atoms with van der Waals surface area (Å²) >= 11 is 0. The van der Waals surface area contributed by atoms with Crippen molar-refractivity contribution in [3.05, 3.63) is 60.7 Å². The number of rotatable bonds is 7. The number of benzene rings is 1. The molecular formula is C27H32N8O2. The molecule has 3 aromatic heterocycles. The molecule has 4 N–H and O–H groups in total. The van der Waals surface area contributed by atoms with E-state index < -0.39 is 5.91 Å². The second kappa shape index (κ2) is 10.2. The number of aromatic nitrogens is 4. The van der Waals surface area contributed by atoms with Gasteiger partial charge in [-0.2, -0.15) is 5.10 Å². The molecule has 1 saturated carbocycles. The van der Waals surface area contributed by atoms with Gasteiger partial charge in [-0.15, -0.1) is 0 Å². The number of pyridine rings is 1. The van der Waals surface area contributed by atoms with Crippen LogP contribution in [-0.4, -0.2) is 56.7 Å². The zero-order valence-electron chi connectivity index (χ0n) is 20.7. The fourth-order valence-corrected chi connectivity index (χ4v) is 5.61. The number of carbonyl (C=O) groups is 1. The second-order valence-corrected chi connectivity index (χ2v) is 10.0. The topological polar surface area (TPSA) is 127 Å². The molecule has 1 aliphatic heterocycles. The SMILES string of the molecule is NC(=O)c1cccc(-c2cnc(NC3CCCCC3NC3CCCN(c4ccc5ncnn5c4)C3)o2)c1. The predicted molar refractivity (Wildman–Crippen MR) is 141 cm³/mol. The molecule has 3 atom stereocenters. The van der Waals surface area contributed by atoms with Crippen molar-refractivity contribution in [3.63, 3.8) is 0 Å². The largest absolute Gasteiger partial charge is 0.424 e. The molecule has 37 heavy (non-hydrogen) atoms. The summed E-state index contributed by atoms with van der Waals surface area (Å²) < 4.78 is 7.86. The van der Waals surface area contributed by atoms with Gasteiger partial charge in [0.2, 0.25) is 5.91 Å². The van der Waals surface area contributed by atoms with Crippen LogP contribution >= 0.6 is 0 Å². The van der Waals surface area contributed by atoms with Gasteiger partial charge in [0.25, 0.3) is 6.01 Å². The monoisotopic (exact) mass is 500 g/mol. The van der Waals surface area contributed by atoms with Crippen LogP contribution in [0, 0.1) is 0 Å². The maximum atomic E-state index is 11.5. The highest BCUT2D eigenvalue weighted by Crippen LogP contribution is 2.28. The summed E-state index contributed by atoms with van der Waals surface area (Å²) in [6.45, 7) is 2.00. The quantitative estimate of drug-likeness (QED) is 0.352. The van der Waals surface area contributed by atoms with Crippen LogP contribution in [0.5, 0.6) is 0 Å². The van der Waals surface area contributed by atoms with Crippen LogP contribution in [0.4, 0.5) is 11.7 Å². The number of oxazole rings is 1. The minimum Gasteiger partial charge on any atom is -0.424 e. The summed E-state index contributed by atoms with van der Waals surface area (Å²) in [5, 5.41) is 11.8. The van der Waals surface area contributed by atoms with Gasteiger partial charge < -0.3 is 25.7 Å². The molecule has 4 heterocycles. The number of hydrogen-bond acceptors (Lipinski definition) is 8. The molecule has 2 aliphatic rings. The van der Waals surface area contributed by atoms with Crippen LogP contribution < -0.4 is 21.3 Å². The number of fused-ring (bicyclic) bond motifs is 1. The third-order valence-corrected chi connectivity index (χ3v) is 7.51. The number of anilines is 2. The molecule has 0 radical (unpaired) electrons. The van der Waals surface area contributed by atoms with Gasteiger partial charge in [0.15, 0.2) is 11.4 Å². The van der Waals surface area contributed by atoms with E-state index in [-0.39, 0.29) is 6.04 Å². The summed E-state index contributed by atoms with van der Waals surface area (Å²) in [4.78, 5) is 22.7. The third-order valence-electron chi connectivity index (χ3n) is 7.51. The van der Waals surface area contributed by atoms with Gasteiger partial charge in [-0.3, -0.25) is 4.79 Å². The Morgan fingerprint density at radius 2 is 1.95 bits per heavy atom. The van der Waals surface area contributed by atoms with Crippen LogP contribution in [0.2, 0.25) is 0 Å². The van der Waals surface area contributed by atoms with Crippen molar-refractivity contribution in [1.82, 2.24) is 24.9 Å². The maximum absolute atomic E-state index is 11.5. The maximum Gasteiger partial charge on any atom is 0.295 e. The van der Waals surface area contributed by atoms with Gasteiger partial charge in [-0.05, 0) is 49.9 Å². The van der Waals surface area contributed by atoms with E-state index in [4.69, 9.17) is 10.2 Å². The van der Waals surface area contributed by atoms with Crippen LogP contribution in [0.25, 0.3) is 17.0 Å². The highest BCUT2D eigenvalue weighted by Gasteiger charge is 2.30. The molecule has 4 aromatic rings. The first-order valence-corrected chi connectivity index (χ1v) is 13.1. The van der Waals surface area contributed by atoms with E-state index in [1.807, 2.05) is 16.6 Å². The first-order valence-electron chi connectivity index (χ1n) is 13.1. The molecule has 0 spiro atoms. The lowest BCUT2D eigenvalue weighted by Gasteiger charge is -2.40. The van der Waals surface area contributed by atoms with Gasteiger partial charge in [-0.25, -0.2) is 14.5 Å². The number of nitrogens with zero attached hydrogens (tertiary/aromatic N) is 5. The minimum atomic E-state index is -0.462. The summed E-state index contributed by atoms with van der Waals surface area (Å²) in [5.74, 6) is 0.147. The Morgan fingerprint density at radius 1 is 1.05 bits per heavy atom. The average molecular weight is 501 g/mol. The number of primary amides is 1. The number of nitrogens with two attached hydrogens (primary N) is 1. The van der Waals surface area contributed by atoms with Gasteiger partial charge >= 0.3 is 0 Å². The first-order chi connectivity index (χ1) is 18.1. The number of amides is 1. The lowest BCUT2D eigenvalue weighted by atomic mass is 9.89. The molecule has 192 valence electrons. The van der Waals surface area contributed by atoms with E-state index in [2.05, 4.69) is 42.9 Å². The van der Waals surface area contributed by atoms with Gasteiger partial charge in [-0.1, -0.05) is 25.0 Å². The molecule has 10 heteroatoms. The fraction of sp³-hybridized carbons (Fsp3) is 0.407. The summed E-state index contributed by atoms with van der Waals surface area (Å²) in [6.07, 6.45) is 12.2. The zero-order chi connectivity index (χ0) is 25.2. The number of hydrogen-bond donors (Lipinski definition) is 3. The Balaban J connectivity index is 1.11. The van der Waals surface area contributed by atoms with Crippen molar-refractivity contribution in [2.24, 2.45) is 5.73 Å². The first kappa shape index (κ1) is 23.5. The molecule has 1 saturated heterocycles. The van der Waals surface area contributed by atoms with Gasteiger partial charge in [0, 0.05) is 42.3 Å². The Bertz CT molecular complexity index is 1380. The van der Waals surface area contributed by atoms with Crippen molar-refractivity contribution in [3.8, 4) is 11.3 Å². The van der Waals surface area contributed by atoms with E-state index >= 15 is 0 Å².